The van der Waals surface area contributed by atoms with Crippen LogP contribution in [0.5, 0.6) is 5.75 Å². The Balaban J connectivity index is 2.06. The van der Waals surface area contributed by atoms with Crippen LogP contribution in [0.4, 0.5) is 0 Å². The lowest BCUT2D eigenvalue weighted by molar-refractivity contribution is -0.129. The minimum absolute atomic E-state index is 0.0175. The molecule has 2 rings (SSSR count). The van der Waals surface area contributed by atoms with Crippen molar-refractivity contribution in [1.29, 1.82) is 0 Å². The summed E-state index contributed by atoms with van der Waals surface area (Å²) in [5.41, 5.74) is 2.25. The van der Waals surface area contributed by atoms with Crippen molar-refractivity contribution in [2.24, 2.45) is 5.92 Å². The summed E-state index contributed by atoms with van der Waals surface area (Å²) in [6.07, 6.45) is 1.01. The van der Waals surface area contributed by atoms with Gasteiger partial charge in [0.25, 0.3) is 0 Å². The van der Waals surface area contributed by atoms with Gasteiger partial charge in [-0.2, -0.15) is 0 Å². The van der Waals surface area contributed by atoms with Crippen molar-refractivity contribution in [2.75, 3.05) is 32.2 Å². The second kappa shape index (κ2) is 8.39. The van der Waals surface area contributed by atoms with E-state index < -0.39 is 0 Å². The van der Waals surface area contributed by atoms with Crippen LogP contribution in [-0.4, -0.2) is 43.1 Å². The molecule has 22 heavy (non-hydrogen) atoms. The first-order chi connectivity index (χ1) is 10.6. The molecular weight excluding hydrogens is 302 g/mol. The summed E-state index contributed by atoms with van der Waals surface area (Å²) < 4.78 is 10.9. The van der Waals surface area contributed by atoms with E-state index in [0.29, 0.717) is 25.6 Å². The molecule has 0 saturated carbocycles. The van der Waals surface area contributed by atoms with E-state index in [0.717, 1.165) is 36.5 Å². The van der Waals surface area contributed by atoms with E-state index in [1.165, 1.54) is 0 Å². The number of amides is 1. The van der Waals surface area contributed by atoms with Gasteiger partial charge in [0.1, 0.15) is 11.6 Å². The van der Waals surface area contributed by atoms with Crippen molar-refractivity contribution < 1.29 is 14.3 Å². The highest BCUT2D eigenvalue weighted by molar-refractivity contribution is 6.27. The SMILES string of the molecule is CCOc1ccc(CN(CC2CCOC2)C(=O)CCl)c(C)c1. The summed E-state index contributed by atoms with van der Waals surface area (Å²) in [6, 6.07) is 5.99. The molecule has 0 spiro atoms. The predicted octanol–water partition coefficient (Wildman–Crippen LogP) is 3.00. The number of hydrogen-bond donors (Lipinski definition) is 0. The maximum atomic E-state index is 12.1. The average molecular weight is 326 g/mol. The van der Waals surface area contributed by atoms with Crippen molar-refractivity contribution in [1.82, 2.24) is 4.90 Å². The lowest BCUT2D eigenvalue weighted by atomic mass is 10.1. The van der Waals surface area contributed by atoms with Crippen molar-refractivity contribution in [3.05, 3.63) is 29.3 Å². The molecule has 1 heterocycles. The van der Waals surface area contributed by atoms with Gasteiger partial charge in [0, 0.05) is 25.6 Å². The third-order valence-corrected chi connectivity index (χ3v) is 4.18. The number of aryl methyl sites for hydroxylation is 1. The lowest BCUT2D eigenvalue weighted by Gasteiger charge is -2.25. The van der Waals surface area contributed by atoms with Gasteiger partial charge in [0.15, 0.2) is 0 Å². The van der Waals surface area contributed by atoms with Gasteiger partial charge in [0.2, 0.25) is 5.91 Å². The number of benzene rings is 1. The predicted molar refractivity (Wildman–Crippen MR) is 87.4 cm³/mol. The molecule has 1 unspecified atom stereocenters. The summed E-state index contributed by atoms with van der Waals surface area (Å²) in [5.74, 6) is 1.27. The van der Waals surface area contributed by atoms with Crippen molar-refractivity contribution in [2.45, 2.75) is 26.8 Å². The monoisotopic (exact) mass is 325 g/mol. The zero-order valence-electron chi connectivity index (χ0n) is 13.3. The summed E-state index contributed by atoms with van der Waals surface area (Å²) in [5, 5.41) is 0. The molecule has 1 aromatic carbocycles. The number of carbonyl (C=O) groups is 1. The van der Waals surface area contributed by atoms with Crippen LogP contribution in [0.1, 0.15) is 24.5 Å². The molecule has 0 bridgehead atoms. The lowest BCUT2D eigenvalue weighted by Crippen LogP contribution is -2.36. The normalized spacial score (nSPS) is 17.5. The fourth-order valence-electron chi connectivity index (χ4n) is 2.69. The zero-order chi connectivity index (χ0) is 15.9. The maximum Gasteiger partial charge on any atom is 0.237 e. The molecule has 1 aliphatic heterocycles. The second-order valence-corrected chi connectivity index (χ2v) is 5.93. The topological polar surface area (TPSA) is 38.8 Å². The molecule has 1 atom stereocenters. The van der Waals surface area contributed by atoms with Gasteiger partial charge in [-0.15, -0.1) is 11.6 Å². The van der Waals surface area contributed by atoms with Crippen LogP contribution in [-0.2, 0) is 16.1 Å². The van der Waals surface area contributed by atoms with Crippen LogP contribution in [0, 0.1) is 12.8 Å². The van der Waals surface area contributed by atoms with Gasteiger partial charge < -0.3 is 14.4 Å². The van der Waals surface area contributed by atoms with E-state index in [1.807, 2.05) is 36.9 Å². The molecule has 0 radical (unpaired) electrons. The zero-order valence-corrected chi connectivity index (χ0v) is 14.1. The smallest absolute Gasteiger partial charge is 0.237 e. The van der Waals surface area contributed by atoms with Crippen molar-refractivity contribution >= 4 is 17.5 Å². The molecule has 5 heteroatoms. The third-order valence-electron chi connectivity index (χ3n) is 3.96. The van der Waals surface area contributed by atoms with Gasteiger partial charge in [-0.05, 0) is 43.5 Å². The van der Waals surface area contributed by atoms with E-state index in [2.05, 4.69) is 0 Å². The first-order valence-corrected chi connectivity index (χ1v) is 8.31. The van der Waals surface area contributed by atoms with E-state index in [4.69, 9.17) is 21.1 Å². The molecule has 122 valence electrons. The highest BCUT2D eigenvalue weighted by atomic mass is 35.5. The summed E-state index contributed by atoms with van der Waals surface area (Å²) in [7, 11) is 0. The van der Waals surface area contributed by atoms with Gasteiger partial charge in [0.05, 0.1) is 13.2 Å². The number of hydrogen-bond acceptors (Lipinski definition) is 3. The van der Waals surface area contributed by atoms with Crippen LogP contribution in [0.3, 0.4) is 0 Å². The van der Waals surface area contributed by atoms with Crippen LogP contribution < -0.4 is 4.74 Å². The van der Waals surface area contributed by atoms with E-state index in [-0.39, 0.29) is 11.8 Å². The maximum absolute atomic E-state index is 12.1. The number of alkyl halides is 1. The molecule has 1 amide bonds. The number of rotatable bonds is 7. The van der Waals surface area contributed by atoms with E-state index >= 15 is 0 Å². The first kappa shape index (κ1) is 17.1. The summed E-state index contributed by atoms with van der Waals surface area (Å²) in [4.78, 5) is 14.0. The van der Waals surface area contributed by atoms with Gasteiger partial charge in [-0.3, -0.25) is 4.79 Å². The highest BCUT2D eigenvalue weighted by Gasteiger charge is 2.22. The fourth-order valence-corrected chi connectivity index (χ4v) is 2.85. The Morgan fingerprint density at radius 3 is 2.91 bits per heavy atom. The summed E-state index contributed by atoms with van der Waals surface area (Å²) in [6.45, 7) is 7.47. The number of ether oxygens (including phenoxy) is 2. The Morgan fingerprint density at radius 1 is 1.50 bits per heavy atom. The van der Waals surface area contributed by atoms with E-state index in [1.54, 1.807) is 0 Å². The van der Waals surface area contributed by atoms with Crippen molar-refractivity contribution in [3.63, 3.8) is 0 Å². The fraction of sp³-hybridized carbons (Fsp3) is 0.588. The van der Waals surface area contributed by atoms with Crippen LogP contribution >= 0.6 is 11.6 Å². The van der Waals surface area contributed by atoms with Crippen LogP contribution in [0.25, 0.3) is 0 Å². The second-order valence-electron chi connectivity index (χ2n) is 5.66. The third kappa shape index (κ3) is 4.62. The Hall–Kier alpha value is -1.26. The highest BCUT2D eigenvalue weighted by Crippen LogP contribution is 2.21. The number of nitrogens with zero attached hydrogens (tertiary/aromatic N) is 1. The molecule has 1 saturated heterocycles. The quantitative estimate of drug-likeness (QED) is 0.723. The van der Waals surface area contributed by atoms with E-state index in [9.17, 15) is 4.79 Å². The molecule has 1 fully saturated rings. The molecular formula is C17H24ClNO3. The Kier molecular flexibility index (Phi) is 6.52. The molecule has 0 aliphatic carbocycles. The van der Waals surface area contributed by atoms with Crippen molar-refractivity contribution in [3.8, 4) is 5.75 Å². The molecule has 0 aromatic heterocycles. The Labute approximate surface area is 137 Å². The first-order valence-electron chi connectivity index (χ1n) is 7.77. The van der Waals surface area contributed by atoms with Gasteiger partial charge >= 0.3 is 0 Å². The molecule has 0 N–H and O–H groups in total. The standard InChI is InChI=1S/C17H24ClNO3/c1-3-22-16-5-4-15(13(2)8-16)11-19(17(20)9-18)10-14-6-7-21-12-14/h4-5,8,14H,3,6-7,9-12H2,1-2H3. The summed E-state index contributed by atoms with van der Waals surface area (Å²) >= 11 is 5.76. The van der Waals surface area contributed by atoms with Gasteiger partial charge in [-0.25, -0.2) is 0 Å². The Morgan fingerprint density at radius 2 is 2.32 bits per heavy atom. The Bertz CT molecular complexity index is 501. The number of carbonyl (C=O) groups excluding carboxylic acids is 1. The average Bonchev–Trinajstić information content (AvgIpc) is 3.01. The van der Waals surface area contributed by atoms with Gasteiger partial charge in [-0.1, -0.05) is 6.07 Å². The van der Waals surface area contributed by atoms with Crippen LogP contribution in [0.2, 0.25) is 0 Å². The molecule has 1 aliphatic rings. The molecule has 1 aromatic rings. The largest absolute Gasteiger partial charge is 0.494 e. The number of halogens is 1. The minimum Gasteiger partial charge on any atom is -0.494 e. The minimum atomic E-state index is -0.0261. The van der Waals surface area contributed by atoms with Crippen LogP contribution in [0.15, 0.2) is 18.2 Å². The molecule has 4 nitrogen and oxygen atoms in total.